The number of carbonyl (C=O) groups excluding carboxylic acids is 1. The first kappa shape index (κ1) is 18.6. The molecule has 0 saturated heterocycles. The van der Waals surface area contributed by atoms with Crippen LogP contribution in [0.1, 0.15) is 47.3 Å². The number of carbonyl (C=O) groups is 1. The minimum atomic E-state index is -0.977. The third kappa shape index (κ3) is 3.66. The molecule has 1 amide bonds. The molecular formula is C18H27N5O3. The van der Waals surface area contributed by atoms with Gasteiger partial charge < -0.3 is 15.1 Å². The van der Waals surface area contributed by atoms with Gasteiger partial charge in [0.1, 0.15) is 6.10 Å². The third-order valence-corrected chi connectivity index (χ3v) is 5.15. The van der Waals surface area contributed by atoms with Gasteiger partial charge in [0.05, 0.1) is 30.2 Å². The van der Waals surface area contributed by atoms with Crippen molar-refractivity contribution in [1.82, 2.24) is 24.5 Å². The molecule has 0 aromatic carbocycles. The summed E-state index contributed by atoms with van der Waals surface area (Å²) >= 11 is 0. The van der Waals surface area contributed by atoms with Crippen LogP contribution >= 0.6 is 0 Å². The molecular weight excluding hydrogens is 334 g/mol. The Morgan fingerprint density at radius 2 is 2.08 bits per heavy atom. The Labute approximate surface area is 153 Å². The summed E-state index contributed by atoms with van der Waals surface area (Å²) in [6.45, 7) is 5.53. The molecule has 3 rings (SSSR count). The maximum Gasteiger partial charge on any atom is 0.223 e. The molecule has 1 aliphatic heterocycles. The first-order chi connectivity index (χ1) is 12.4. The SMILES string of the molecule is Cc1nn(C)c(C)c1CCC(=O)N1CCCn2nc([C@@H](O)CO)cc2C1. The zero-order valence-electron chi connectivity index (χ0n) is 15.6. The number of nitrogens with zero attached hydrogens (tertiary/aromatic N) is 5. The van der Waals surface area contributed by atoms with Crippen molar-refractivity contribution in [2.75, 3.05) is 13.2 Å². The lowest BCUT2D eigenvalue weighted by Crippen LogP contribution is -2.31. The highest BCUT2D eigenvalue weighted by Gasteiger charge is 2.22. The van der Waals surface area contributed by atoms with Crippen molar-refractivity contribution in [1.29, 1.82) is 0 Å². The van der Waals surface area contributed by atoms with Crippen molar-refractivity contribution < 1.29 is 15.0 Å². The van der Waals surface area contributed by atoms with Gasteiger partial charge in [-0.15, -0.1) is 0 Å². The van der Waals surface area contributed by atoms with Gasteiger partial charge in [-0.3, -0.25) is 14.2 Å². The summed E-state index contributed by atoms with van der Waals surface area (Å²) in [5.74, 6) is 0.117. The molecule has 1 atom stereocenters. The topological polar surface area (TPSA) is 96.4 Å². The van der Waals surface area contributed by atoms with Gasteiger partial charge in [0, 0.05) is 32.3 Å². The van der Waals surface area contributed by atoms with Crippen LogP contribution < -0.4 is 0 Å². The molecule has 2 N–H and O–H groups in total. The molecule has 2 aromatic rings. The molecule has 0 fully saturated rings. The Balaban J connectivity index is 1.67. The average Bonchev–Trinajstić information content (AvgIpc) is 3.04. The van der Waals surface area contributed by atoms with E-state index in [2.05, 4.69) is 10.2 Å². The number of amides is 1. The second-order valence-electron chi connectivity index (χ2n) is 6.92. The Morgan fingerprint density at radius 1 is 1.31 bits per heavy atom. The standard InChI is InChI=1S/C18H27N5O3/c1-12-15(13(2)21(3)19-12)5-6-18(26)22-7-4-8-23-14(10-22)9-16(20-23)17(25)11-24/h9,17,24-25H,4-8,10-11H2,1-3H3/t17-/m0/s1. The van der Waals surface area contributed by atoms with Crippen molar-refractivity contribution in [2.45, 2.75) is 52.3 Å². The van der Waals surface area contributed by atoms with Crippen LogP contribution in [-0.4, -0.2) is 53.7 Å². The highest BCUT2D eigenvalue weighted by atomic mass is 16.3. The number of aliphatic hydroxyl groups excluding tert-OH is 2. The molecule has 0 spiro atoms. The van der Waals surface area contributed by atoms with Crippen molar-refractivity contribution in [3.8, 4) is 0 Å². The summed E-state index contributed by atoms with van der Waals surface area (Å²) in [7, 11) is 1.92. The van der Waals surface area contributed by atoms with Crippen LogP contribution in [0.3, 0.4) is 0 Å². The van der Waals surface area contributed by atoms with Gasteiger partial charge in [0.15, 0.2) is 0 Å². The number of hydrogen-bond acceptors (Lipinski definition) is 5. The van der Waals surface area contributed by atoms with E-state index >= 15 is 0 Å². The molecule has 1 aliphatic rings. The molecule has 3 heterocycles. The molecule has 2 aromatic heterocycles. The van der Waals surface area contributed by atoms with Crippen molar-refractivity contribution in [2.24, 2.45) is 7.05 Å². The summed E-state index contributed by atoms with van der Waals surface area (Å²) in [4.78, 5) is 14.6. The lowest BCUT2D eigenvalue weighted by atomic mass is 10.1. The van der Waals surface area contributed by atoms with Gasteiger partial charge in [-0.1, -0.05) is 0 Å². The molecule has 142 valence electrons. The van der Waals surface area contributed by atoms with Crippen molar-refractivity contribution in [3.63, 3.8) is 0 Å². The van der Waals surface area contributed by atoms with Gasteiger partial charge in [-0.2, -0.15) is 10.2 Å². The van der Waals surface area contributed by atoms with Crippen LogP contribution in [0.4, 0.5) is 0 Å². The second-order valence-corrected chi connectivity index (χ2v) is 6.92. The van der Waals surface area contributed by atoms with E-state index in [1.165, 1.54) is 0 Å². The Bertz CT molecular complexity index is 795. The first-order valence-corrected chi connectivity index (χ1v) is 9.03. The maximum absolute atomic E-state index is 12.7. The fourth-order valence-corrected chi connectivity index (χ4v) is 3.52. The van der Waals surface area contributed by atoms with Crippen LogP contribution in [0.2, 0.25) is 0 Å². The van der Waals surface area contributed by atoms with Crippen LogP contribution in [0.15, 0.2) is 6.07 Å². The van der Waals surface area contributed by atoms with Gasteiger partial charge in [0.25, 0.3) is 0 Å². The minimum Gasteiger partial charge on any atom is -0.393 e. The monoisotopic (exact) mass is 361 g/mol. The number of fused-ring (bicyclic) bond motifs is 1. The van der Waals surface area contributed by atoms with Gasteiger partial charge in [-0.05, 0) is 38.3 Å². The maximum atomic E-state index is 12.7. The summed E-state index contributed by atoms with van der Waals surface area (Å²) in [6, 6.07) is 1.78. The van der Waals surface area contributed by atoms with Gasteiger partial charge >= 0.3 is 0 Å². The van der Waals surface area contributed by atoms with E-state index in [0.29, 0.717) is 38.2 Å². The fraction of sp³-hybridized carbons (Fsp3) is 0.611. The van der Waals surface area contributed by atoms with Crippen LogP contribution in [0.25, 0.3) is 0 Å². The highest BCUT2D eigenvalue weighted by Crippen LogP contribution is 2.20. The lowest BCUT2D eigenvalue weighted by molar-refractivity contribution is -0.131. The first-order valence-electron chi connectivity index (χ1n) is 9.03. The Kier molecular flexibility index (Phi) is 5.43. The normalized spacial score (nSPS) is 15.7. The fourth-order valence-electron chi connectivity index (χ4n) is 3.52. The van der Waals surface area contributed by atoms with E-state index in [-0.39, 0.29) is 12.5 Å². The Hall–Kier alpha value is -2.19. The van der Waals surface area contributed by atoms with E-state index in [0.717, 1.165) is 29.1 Å². The largest absolute Gasteiger partial charge is 0.393 e. The molecule has 0 aliphatic carbocycles. The molecule has 0 unspecified atom stereocenters. The summed E-state index contributed by atoms with van der Waals surface area (Å²) < 4.78 is 3.69. The smallest absolute Gasteiger partial charge is 0.223 e. The summed E-state index contributed by atoms with van der Waals surface area (Å²) in [5.41, 5.74) is 4.58. The van der Waals surface area contributed by atoms with Crippen LogP contribution in [-0.2, 0) is 31.4 Å². The van der Waals surface area contributed by atoms with Crippen molar-refractivity contribution in [3.05, 3.63) is 34.4 Å². The lowest BCUT2D eigenvalue weighted by Gasteiger charge is -2.20. The number of rotatable bonds is 5. The number of aryl methyl sites for hydroxylation is 3. The zero-order chi connectivity index (χ0) is 18.8. The van der Waals surface area contributed by atoms with Crippen molar-refractivity contribution >= 4 is 5.91 Å². The predicted octanol–water partition coefficient (Wildman–Crippen LogP) is 0.624. The molecule has 8 nitrogen and oxygen atoms in total. The van der Waals surface area contributed by atoms with E-state index in [1.807, 2.05) is 35.2 Å². The van der Waals surface area contributed by atoms with E-state index < -0.39 is 6.10 Å². The summed E-state index contributed by atoms with van der Waals surface area (Å²) in [6.07, 6.45) is 0.984. The number of hydrogen-bond donors (Lipinski definition) is 2. The molecule has 26 heavy (non-hydrogen) atoms. The number of aromatic nitrogens is 4. The predicted molar refractivity (Wildman–Crippen MR) is 95.3 cm³/mol. The molecule has 0 radical (unpaired) electrons. The second kappa shape index (κ2) is 7.59. The van der Waals surface area contributed by atoms with Crippen LogP contribution in [0.5, 0.6) is 0 Å². The quantitative estimate of drug-likeness (QED) is 0.814. The highest BCUT2D eigenvalue weighted by molar-refractivity contribution is 5.76. The number of aliphatic hydroxyl groups is 2. The third-order valence-electron chi connectivity index (χ3n) is 5.15. The van der Waals surface area contributed by atoms with E-state index in [4.69, 9.17) is 5.11 Å². The molecule has 0 bridgehead atoms. The van der Waals surface area contributed by atoms with E-state index in [9.17, 15) is 9.90 Å². The molecule has 8 heteroatoms. The van der Waals surface area contributed by atoms with Gasteiger partial charge in [0.2, 0.25) is 5.91 Å². The van der Waals surface area contributed by atoms with Gasteiger partial charge in [-0.25, -0.2) is 0 Å². The van der Waals surface area contributed by atoms with Crippen LogP contribution in [0, 0.1) is 13.8 Å². The Morgan fingerprint density at radius 3 is 2.73 bits per heavy atom. The van der Waals surface area contributed by atoms with E-state index in [1.54, 1.807) is 6.07 Å². The summed E-state index contributed by atoms with van der Waals surface area (Å²) in [5, 5.41) is 27.6. The average molecular weight is 361 g/mol. The zero-order valence-corrected chi connectivity index (χ0v) is 15.6. The minimum absolute atomic E-state index is 0.117. The molecule has 0 saturated carbocycles.